The molecular formula is C16H16FN3. The SMILES string of the molecule is Cc1nc2ccccc2n1CC(N)c1ccccc1F. The van der Waals surface area contributed by atoms with Crippen LogP contribution in [0, 0.1) is 12.7 Å². The Morgan fingerprint density at radius 2 is 1.85 bits per heavy atom. The topological polar surface area (TPSA) is 43.8 Å². The maximum atomic E-state index is 13.8. The molecule has 0 bridgehead atoms. The molecule has 3 nitrogen and oxygen atoms in total. The lowest BCUT2D eigenvalue weighted by Crippen LogP contribution is -2.19. The van der Waals surface area contributed by atoms with Gasteiger partial charge in [0.05, 0.1) is 17.1 Å². The molecule has 0 spiro atoms. The first-order valence-corrected chi connectivity index (χ1v) is 6.58. The van der Waals surface area contributed by atoms with Gasteiger partial charge in [-0.05, 0) is 25.1 Å². The second-order valence-electron chi connectivity index (χ2n) is 4.89. The summed E-state index contributed by atoms with van der Waals surface area (Å²) in [7, 11) is 0. The van der Waals surface area contributed by atoms with Gasteiger partial charge in [-0.2, -0.15) is 0 Å². The first kappa shape index (κ1) is 12.8. The van der Waals surface area contributed by atoms with Crippen molar-refractivity contribution in [2.45, 2.75) is 19.5 Å². The van der Waals surface area contributed by atoms with Crippen LogP contribution in [0.1, 0.15) is 17.4 Å². The monoisotopic (exact) mass is 269 g/mol. The number of fused-ring (bicyclic) bond motifs is 1. The molecule has 3 rings (SSSR count). The Hall–Kier alpha value is -2.20. The fourth-order valence-electron chi connectivity index (χ4n) is 2.50. The molecule has 2 N–H and O–H groups in total. The van der Waals surface area contributed by atoms with Crippen LogP contribution < -0.4 is 5.73 Å². The third-order valence-corrected chi connectivity index (χ3v) is 3.53. The molecular weight excluding hydrogens is 253 g/mol. The zero-order valence-electron chi connectivity index (χ0n) is 11.3. The van der Waals surface area contributed by atoms with Gasteiger partial charge in [-0.1, -0.05) is 30.3 Å². The van der Waals surface area contributed by atoms with Crippen molar-refractivity contribution in [3.05, 3.63) is 65.7 Å². The Bertz CT molecular complexity index is 748. The number of imidazole rings is 1. The Labute approximate surface area is 116 Å². The van der Waals surface area contributed by atoms with Crippen LogP contribution in [0.4, 0.5) is 4.39 Å². The van der Waals surface area contributed by atoms with E-state index in [-0.39, 0.29) is 5.82 Å². The molecule has 0 saturated carbocycles. The maximum Gasteiger partial charge on any atom is 0.128 e. The van der Waals surface area contributed by atoms with Crippen LogP contribution in [0.25, 0.3) is 11.0 Å². The molecule has 1 heterocycles. The van der Waals surface area contributed by atoms with Gasteiger partial charge in [0.15, 0.2) is 0 Å². The molecule has 0 radical (unpaired) electrons. The molecule has 1 aromatic heterocycles. The van der Waals surface area contributed by atoms with Crippen molar-refractivity contribution in [1.29, 1.82) is 0 Å². The molecule has 1 atom stereocenters. The van der Waals surface area contributed by atoms with Gasteiger partial charge in [-0.25, -0.2) is 9.37 Å². The van der Waals surface area contributed by atoms with E-state index in [0.717, 1.165) is 16.9 Å². The lowest BCUT2D eigenvalue weighted by molar-refractivity contribution is 0.532. The lowest BCUT2D eigenvalue weighted by Gasteiger charge is -2.15. The highest BCUT2D eigenvalue weighted by Gasteiger charge is 2.14. The van der Waals surface area contributed by atoms with Gasteiger partial charge in [0.1, 0.15) is 11.6 Å². The number of rotatable bonds is 3. The number of halogens is 1. The smallest absolute Gasteiger partial charge is 0.128 e. The summed E-state index contributed by atoms with van der Waals surface area (Å²) < 4.78 is 15.8. The van der Waals surface area contributed by atoms with Gasteiger partial charge >= 0.3 is 0 Å². The van der Waals surface area contributed by atoms with Crippen LogP contribution in [-0.2, 0) is 6.54 Å². The van der Waals surface area contributed by atoms with Gasteiger partial charge < -0.3 is 10.3 Å². The predicted octanol–water partition coefficient (Wildman–Crippen LogP) is 3.18. The predicted molar refractivity (Wildman–Crippen MR) is 77.8 cm³/mol. The van der Waals surface area contributed by atoms with Crippen LogP contribution in [-0.4, -0.2) is 9.55 Å². The van der Waals surface area contributed by atoms with Crippen LogP contribution in [0.5, 0.6) is 0 Å². The van der Waals surface area contributed by atoms with Gasteiger partial charge in [-0.15, -0.1) is 0 Å². The van der Waals surface area contributed by atoms with Crippen LogP contribution in [0.2, 0.25) is 0 Å². The van der Waals surface area contributed by atoms with E-state index in [1.54, 1.807) is 18.2 Å². The van der Waals surface area contributed by atoms with Gasteiger partial charge in [-0.3, -0.25) is 0 Å². The standard InChI is InChI=1S/C16H16FN3/c1-11-19-15-8-4-5-9-16(15)20(11)10-14(18)12-6-2-3-7-13(12)17/h2-9,14H,10,18H2,1H3. The van der Waals surface area contributed by atoms with Crippen LogP contribution in [0.15, 0.2) is 48.5 Å². The third-order valence-electron chi connectivity index (χ3n) is 3.53. The Morgan fingerprint density at radius 1 is 1.15 bits per heavy atom. The Morgan fingerprint density at radius 3 is 2.65 bits per heavy atom. The maximum absolute atomic E-state index is 13.8. The molecule has 3 aromatic rings. The number of aromatic nitrogens is 2. The first-order valence-electron chi connectivity index (χ1n) is 6.58. The van der Waals surface area contributed by atoms with E-state index in [1.807, 2.05) is 35.8 Å². The Kier molecular flexibility index (Phi) is 3.24. The number of nitrogens with two attached hydrogens (primary N) is 1. The second kappa shape index (κ2) is 5.06. The summed E-state index contributed by atoms with van der Waals surface area (Å²) in [6.45, 7) is 2.45. The van der Waals surface area contributed by atoms with E-state index < -0.39 is 6.04 Å². The molecule has 0 aliphatic carbocycles. The average Bonchev–Trinajstić information content (AvgIpc) is 2.76. The van der Waals surface area contributed by atoms with E-state index in [9.17, 15) is 4.39 Å². The molecule has 20 heavy (non-hydrogen) atoms. The van der Waals surface area contributed by atoms with E-state index in [1.165, 1.54) is 6.07 Å². The van der Waals surface area contributed by atoms with Crippen LogP contribution in [0.3, 0.4) is 0 Å². The average molecular weight is 269 g/mol. The summed E-state index contributed by atoms with van der Waals surface area (Å²) in [5.74, 6) is 0.625. The minimum Gasteiger partial charge on any atom is -0.326 e. The number of benzene rings is 2. The first-order chi connectivity index (χ1) is 9.66. The van der Waals surface area contributed by atoms with E-state index in [2.05, 4.69) is 4.98 Å². The number of hydrogen-bond acceptors (Lipinski definition) is 2. The fourth-order valence-corrected chi connectivity index (χ4v) is 2.50. The third kappa shape index (κ3) is 2.18. The molecule has 0 saturated heterocycles. The molecule has 0 amide bonds. The van der Waals surface area contributed by atoms with Crippen molar-refractivity contribution >= 4 is 11.0 Å². The van der Waals surface area contributed by atoms with E-state index in [4.69, 9.17) is 5.73 Å². The van der Waals surface area contributed by atoms with Crippen molar-refractivity contribution in [2.75, 3.05) is 0 Å². The zero-order chi connectivity index (χ0) is 14.1. The minimum atomic E-state index is -0.396. The number of hydrogen-bond donors (Lipinski definition) is 1. The molecule has 102 valence electrons. The molecule has 2 aromatic carbocycles. The molecule has 0 fully saturated rings. The highest BCUT2D eigenvalue weighted by molar-refractivity contribution is 5.75. The fraction of sp³-hybridized carbons (Fsp3) is 0.188. The molecule has 0 aliphatic heterocycles. The van der Waals surface area contributed by atoms with Crippen LogP contribution >= 0.6 is 0 Å². The van der Waals surface area contributed by atoms with Gasteiger partial charge in [0.25, 0.3) is 0 Å². The highest BCUT2D eigenvalue weighted by Crippen LogP contribution is 2.21. The molecule has 0 aliphatic rings. The Balaban J connectivity index is 1.97. The summed E-state index contributed by atoms with van der Waals surface area (Å²) in [4.78, 5) is 4.50. The molecule has 4 heteroatoms. The lowest BCUT2D eigenvalue weighted by atomic mass is 10.1. The van der Waals surface area contributed by atoms with Crippen molar-refractivity contribution in [3.8, 4) is 0 Å². The summed E-state index contributed by atoms with van der Waals surface area (Å²) in [5, 5.41) is 0. The van der Waals surface area contributed by atoms with Crippen molar-refractivity contribution in [2.24, 2.45) is 5.73 Å². The number of aryl methyl sites for hydroxylation is 1. The van der Waals surface area contributed by atoms with E-state index in [0.29, 0.717) is 12.1 Å². The van der Waals surface area contributed by atoms with E-state index >= 15 is 0 Å². The summed E-state index contributed by atoms with van der Waals surface area (Å²) in [6, 6.07) is 14.1. The summed E-state index contributed by atoms with van der Waals surface area (Å²) in [6.07, 6.45) is 0. The number of nitrogens with zero attached hydrogens (tertiary/aromatic N) is 2. The van der Waals surface area contributed by atoms with Crippen molar-refractivity contribution in [1.82, 2.24) is 9.55 Å². The van der Waals surface area contributed by atoms with Gasteiger partial charge in [0.2, 0.25) is 0 Å². The molecule has 1 unspecified atom stereocenters. The summed E-state index contributed by atoms with van der Waals surface area (Å²) >= 11 is 0. The zero-order valence-corrected chi connectivity index (χ0v) is 11.3. The second-order valence-corrected chi connectivity index (χ2v) is 4.89. The van der Waals surface area contributed by atoms with Crippen molar-refractivity contribution < 1.29 is 4.39 Å². The van der Waals surface area contributed by atoms with Crippen molar-refractivity contribution in [3.63, 3.8) is 0 Å². The number of para-hydroxylation sites is 2. The summed E-state index contributed by atoms with van der Waals surface area (Å²) in [5.41, 5.74) is 8.65. The highest BCUT2D eigenvalue weighted by atomic mass is 19.1. The largest absolute Gasteiger partial charge is 0.326 e. The minimum absolute atomic E-state index is 0.262. The normalized spacial score (nSPS) is 12.8. The quantitative estimate of drug-likeness (QED) is 0.793. The van der Waals surface area contributed by atoms with Gasteiger partial charge in [0, 0.05) is 12.1 Å².